The molecule has 0 radical (unpaired) electrons. The molecule has 1 aliphatic heterocycles. The van der Waals surface area contributed by atoms with E-state index in [2.05, 4.69) is 5.32 Å². The molecule has 1 N–H and O–H groups in total. The Hall–Kier alpha value is -3.49. The van der Waals surface area contributed by atoms with Crippen LogP contribution in [-0.2, 0) is 9.59 Å². The van der Waals surface area contributed by atoms with Gasteiger partial charge < -0.3 is 15.1 Å². The second kappa shape index (κ2) is 8.03. The number of non-ortho nitro benzene ring substituents is 1. The van der Waals surface area contributed by atoms with Crippen LogP contribution >= 0.6 is 0 Å². The minimum atomic E-state index is -0.834. The van der Waals surface area contributed by atoms with Gasteiger partial charge in [0.1, 0.15) is 5.82 Å². The van der Waals surface area contributed by atoms with E-state index in [1.807, 2.05) is 4.90 Å². The fourth-order valence-corrected chi connectivity index (χ4v) is 3.00. The molecule has 1 saturated heterocycles. The number of rotatable bonds is 3. The molecule has 9 heteroatoms. The van der Waals surface area contributed by atoms with Gasteiger partial charge in [-0.05, 0) is 36.8 Å². The van der Waals surface area contributed by atoms with Gasteiger partial charge in [0.2, 0.25) is 0 Å². The number of aryl methyl sites for hydroxylation is 1. The molecule has 0 bridgehead atoms. The molecule has 0 spiro atoms. The predicted molar refractivity (Wildman–Crippen MR) is 102 cm³/mol. The van der Waals surface area contributed by atoms with E-state index in [-0.39, 0.29) is 17.2 Å². The third-order valence-electron chi connectivity index (χ3n) is 4.63. The lowest BCUT2D eigenvalue weighted by Gasteiger charge is -2.35. The van der Waals surface area contributed by atoms with Crippen LogP contribution in [0, 0.1) is 22.9 Å². The van der Waals surface area contributed by atoms with E-state index in [1.54, 1.807) is 19.1 Å². The third kappa shape index (κ3) is 4.25. The van der Waals surface area contributed by atoms with Crippen LogP contribution in [0.5, 0.6) is 0 Å². The summed E-state index contributed by atoms with van der Waals surface area (Å²) in [7, 11) is 0. The molecule has 146 valence electrons. The van der Waals surface area contributed by atoms with Crippen molar-refractivity contribution >= 4 is 28.9 Å². The van der Waals surface area contributed by atoms with Crippen LogP contribution < -0.4 is 10.2 Å². The number of piperazine rings is 1. The molecule has 0 aromatic heterocycles. The highest BCUT2D eigenvalue weighted by Crippen LogP contribution is 2.22. The molecule has 28 heavy (non-hydrogen) atoms. The summed E-state index contributed by atoms with van der Waals surface area (Å²) in [5, 5.41) is 13.4. The predicted octanol–water partition coefficient (Wildman–Crippen LogP) is 2.33. The van der Waals surface area contributed by atoms with E-state index in [4.69, 9.17) is 0 Å². The highest BCUT2D eigenvalue weighted by Gasteiger charge is 2.26. The minimum absolute atomic E-state index is 0.165. The van der Waals surface area contributed by atoms with Crippen molar-refractivity contribution in [3.8, 4) is 0 Å². The zero-order chi connectivity index (χ0) is 20.3. The van der Waals surface area contributed by atoms with Gasteiger partial charge in [0.15, 0.2) is 0 Å². The first-order valence-corrected chi connectivity index (χ1v) is 8.71. The van der Waals surface area contributed by atoms with Crippen molar-refractivity contribution in [3.05, 3.63) is 64.0 Å². The number of nitrogens with zero attached hydrogens (tertiary/aromatic N) is 3. The molecule has 1 aliphatic rings. The number of nitro benzene ring substituents is 1. The van der Waals surface area contributed by atoms with Crippen molar-refractivity contribution < 1.29 is 18.9 Å². The van der Waals surface area contributed by atoms with Crippen molar-refractivity contribution in [3.63, 3.8) is 0 Å². The second-order valence-electron chi connectivity index (χ2n) is 6.47. The number of anilines is 2. The third-order valence-corrected chi connectivity index (χ3v) is 4.63. The summed E-state index contributed by atoms with van der Waals surface area (Å²) in [5.41, 5.74) is 1.54. The smallest absolute Gasteiger partial charge is 0.313 e. The molecule has 0 aliphatic carbocycles. The monoisotopic (exact) mass is 386 g/mol. The molecule has 1 heterocycles. The zero-order valence-electron chi connectivity index (χ0n) is 15.2. The highest BCUT2D eigenvalue weighted by molar-refractivity contribution is 6.39. The van der Waals surface area contributed by atoms with Crippen LogP contribution in [0.2, 0.25) is 0 Å². The summed E-state index contributed by atoms with van der Waals surface area (Å²) in [6.07, 6.45) is 0. The van der Waals surface area contributed by atoms with E-state index in [0.717, 1.165) is 5.69 Å². The van der Waals surface area contributed by atoms with Gasteiger partial charge in [-0.1, -0.05) is 6.07 Å². The highest BCUT2D eigenvalue weighted by atomic mass is 19.1. The Balaban J connectivity index is 1.60. The van der Waals surface area contributed by atoms with Crippen LogP contribution in [0.4, 0.5) is 21.5 Å². The summed E-state index contributed by atoms with van der Waals surface area (Å²) in [6.45, 7) is 3.40. The first-order valence-electron chi connectivity index (χ1n) is 8.71. The maximum absolute atomic E-state index is 13.0. The molecule has 0 saturated carbocycles. The van der Waals surface area contributed by atoms with E-state index < -0.39 is 16.7 Å². The first-order chi connectivity index (χ1) is 13.3. The number of benzene rings is 2. The molecule has 8 nitrogen and oxygen atoms in total. The van der Waals surface area contributed by atoms with Crippen molar-refractivity contribution in [2.24, 2.45) is 0 Å². The lowest BCUT2D eigenvalue weighted by atomic mass is 10.2. The normalized spacial score (nSPS) is 13.9. The van der Waals surface area contributed by atoms with Gasteiger partial charge in [-0.3, -0.25) is 19.7 Å². The lowest BCUT2D eigenvalue weighted by molar-refractivity contribution is -0.384. The molecule has 2 amide bonds. The van der Waals surface area contributed by atoms with E-state index >= 15 is 0 Å². The van der Waals surface area contributed by atoms with E-state index in [0.29, 0.717) is 31.7 Å². The molecular weight excluding hydrogens is 367 g/mol. The van der Waals surface area contributed by atoms with E-state index in [1.165, 1.54) is 35.2 Å². The zero-order valence-corrected chi connectivity index (χ0v) is 15.2. The van der Waals surface area contributed by atoms with Crippen molar-refractivity contribution in [1.29, 1.82) is 0 Å². The van der Waals surface area contributed by atoms with Crippen molar-refractivity contribution in [2.45, 2.75) is 6.92 Å². The van der Waals surface area contributed by atoms with Gasteiger partial charge in [0.25, 0.3) is 5.69 Å². The molecule has 1 fully saturated rings. The largest absolute Gasteiger partial charge is 0.368 e. The second-order valence-corrected chi connectivity index (χ2v) is 6.47. The number of nitro groups is 1. The Morgan fingerprint density at radius 2 is 1.71 bits per heavy atom. The van der Waals surface area contributed by atoms with Gasteiger partial charge >= 0.3 is 11.8 Å². The minimum Gasteiger partial charge on any atom is -0.368 e. The van der Waals surface area contributed by atoms with Gasteiger partial charge in [0.05, 0.1) is 10.6 Å². The number of amides is 2. The topological polar surface area (TPSA) is 95.8 Å². The SMILES string of the molecule is Cc1ccc([N+](=O)[O-])cc1NC(=O)C(=O)N1CCN(c2ccc(F)cc2)CC1. The average molecular weight is 386 g/mol. The molecule has 2 aromatic rings. The van der Waals surface area contributed by atoms with Crippen LogP contribution in [0.1, 0.15) is 5.56 Å². The van der Waals surface area contributed by atoms with Gasteiger partial charge in [0, 0.05) is 44.0 Å². The summed E-state index contributed by atoms with van der Waals surface area (Å²) in [4.78, 5) is 38.5. The van der Waals surface area contributed by atoms with Crippen molar-refractivity contribution in [2.75, 3.05) is 36.4 Å². The number of carbonyl (C=O) groups excluding carboxylic acids is 2. The number of halogens is 1. The average Bonchev–Trinajstić information content (AvgIpc) is 2.69. The molecular formula is C19H19FN4O4. The van der Waals surface area contributed by atoms with Crippen LogP contribution in [0.3, 0.4) is 0 Å². The number of hydrogen-bond acceptors (Lipinski definition) is 5. The Morgan fingerprint density at radius 3 is 2.32 bits per heavy atom. The quantitative estimate of drug-likeness (QED) is 0.496. The number of hydrogen-bond donors (Lipinski definition) is 1. The molecule has 3 rings (SSSR count). The maximum Gasteiger partial charge on any atom is 0.313 e. The number of nitrogens with one attached hydrogen (secondary N) is 1. The van der Waals surface area contributed by atoms with Crippen LogP contribution in [0.15, 0.2) is 42.5 Å². The summed E-state index contributed by atoms with van der Waals surface area (Å²) in [5.74, 6) is -1.84. The van der Waals surface area contributed by atoms with Crippen LogP contribution in [0.25, 0.3) is 0 Å². The number of carbonyl (C=O) groups is 2. The molecule has 0 unspecified atom stereocenters. The standard InChI is InChI=1S/C19H19FN4O4/c1-13-2-5-16(24(27)28)12-17(13)21-18(25)19(26)23-10-8-22(9-11-23)15-6-3-14(20)4-7-15/h2-7,12H,8-11H2,1H3,(H,21,25). The van der Waals surface area contributed by atoms with Gasteiger partial charge in [-0.15, -0.1) is 0 Å². The van der Waals surface area contributed by atoms with Crippen molar-refractivity contribution in [1.82, 2.24) is 4.90 Å². The fourth-order valence-electron chi connectivity index (χ4n) is 3.00. The summed E-state index contributed by atoms with van der Waals surface area (Å²) >= 11 is 0. The fraction of sp³-hybridized carbons (Fsp3) is 0.263. The summed E-state index contributed by atoms with van der Waals surface area (Å²) < 4.78 is 13.0. The lowest BCUT2D eigenvalue weighted by Crippen LogP contribution is -2.51. The Bertz CT molecular complexity index is 909. The summed E-state index contributed by atoms with van der Waals surface area (Å²) in [6, 6.07) is 10.2. The molecule has 2 aromatic carbocycles. The first kappa shape index (κ1) is 19.3. The van der Waals surface area contributed by atoms with Gasteiger partial charge in [-0.25, -0.2) is 4.39 Å². The Morgan fingerprint density at radius 1 is 1.07 bits per heavy atom. The molecule has 0 atom stereocenters. The Labute approximate surface area is 160 Å². The Kier molecular flexibility index (Phi) is 5.53. The maximum atomic E-state index is 13.0. The van der Waals surface area contributed by atoms with E-state index in [9.17, 15) is 24.1 Å². The van der Waals surface area contributed by atoms with Gasteiger partial charge in [-0.2, -0.15) is 0 Å². The van der Waals surface area contributed by atoms with Crippen LogP contribution in [-0.4, -0.2) is 47.8 Å².